The van der Waals surface area contributed by atoms with E-state index in [1.807, 2.05) is 24.7 Å². The first-order valence-electron chi connectivity index (χ1n) is 6.66. The van der Waals surface area contributed by atoms with Gasteiger partial charge in [0.2, 0.25) is 0 Å². The molecule has 2 rings (SSSR count). The second-order valence-electron chi connectivity index (χ2n) is 4.68. The zero-order valence-electron chi connectivity index (χ0n) is 11.6. The zero-order chi connectivity index (χ0) is 13.7. The van der Waals surface area contributed by atoms with Gasteiger partial charge in [-0.2, -0.15) is 0 Å². The van der Waals surface area contributed by atoms with E-state index < -0.39 is 0 Å². The van der Waals surface area contributed by atoms with Crippen LogP contribution < -0.4 is 10.5 Å². The number of aryl methyl sites for hydroxylation is 2. The summed E-state index contributed by atoms with van der Waals surface area (Å²) in [5.74, 6) is 0.859. The van der Waals surface area contributed by atoms with Crippen LogP contribution in [0.15, 0.2) is 30.7 Å². The lowest BCUT2D eigenvalue weighted by Gasteiger charge is -2.12. The normalized spacial score (nSPS) is 10.7. The third-order valence-electron chi connectivity index (χ3n) is 3.07. The Balaban J connectivity index is 2.07. The molecule has 19 heavy (non-hydrogen) atoms. The van der Waals surface area contributed by atoms with Gasteiger partial charge in [-0.1, -0.05) is 24.6 Å². The average Bonchev–Trinajstić information content (AvgIpc) is 2.85. The van der Waals surface area contributed by atoms with Crippen LogP contribution in [0.4, 0.5) is 0 Å². The van der Waals surface area contributed by atoms with Crippen LogP contribution in [0.1, 0.15) is 30.2 Å². The van der Waals surface area contributed by atoms with Gasteiger partial charge < -0.3 is 15.0 Å². The van der Waals surface area contributed by atoms with Gasteiger partial charge in [-0.15, -0.1) is 0 Å². The van der Waals surface area contributed by atoms with Crippen molar-refractivity contribution in [1.82, 2.24) is 9.55 Å². The van der Waals surface area contributed by atoms with Gasteiger partial charge in [0, 0.05) is 18.7 Å². The number of nitrogens with two attached hydrogens (primary N) is 1. The van der Waals surface area contributed by atoms with E-state index >= 15 is 0 Å². The number of nitrogens with zero attached hydrogens (tertiary/aromatic N) is 2. The van der Waals surface area contributed by atoms with E-state index in [-0.39, 0.29) is 0 Å². The smallest absolute Gasteiger partial charge is 0.130 e. The van der Waals surface area contributed by atoms with Gasteiger partial charge in [0.1, 0.15) is 12.4 Å². The first-order valence-corrected chi connectivity index (χ1v) is 6.66. The number of ether oxygens (including phenoxy) is 1. The van der Waals surface area contributed by atoms with Gasteiger partial charge in [0.25, 0.3) is 0 Å². The molecule has 0 aliphatic carbocycles. The van der Waals surface area contributed by atoms with Crippen LogP contribution in [0.2, 0.25) is 0 Å². The molecular weight excluding hydrogens is 238 g/mol. The number of imidazole rings is 1. The molecule has 4 heteroatoms. The van der Waals surface area contributed by atoms with E-state index in [2.05, 4.69) is 29.5 Å². The third kappa shape index (κ3) is 3.35. The predicted molar refractivity (Wildman–Crippen MR) is 75.9 cm³/mol. The number of benzene rings is 1. The van der Waals surface area contributed by atoms with Gasteiger partial charge in [-0.25, -0.2) is 4.98 Å². The lowest BCUT2D eigenvalue weighted by atomic mass is 10.1. The van der Waals surface area contributed by atoms with Crippen LogP contribution >= 0.6 is 0 Å². The fourth-order valence-electron chi connectivity index (χ4n) is 2.07. The topological polar surface area (TPSA) is 53.1 Å². The maximum absolute atomic E-state index is 5.87. The molecule has 0 radical (unpaired) electrons. The van der Waals surface area contributed by atoms with E-state index in [1.54, 1.807) is 0 Å². The SMILES string of the molecule is CCCn1cncc1COc1ccc(C)cc1CN. The highest BCUT2D eigenvalue weighted by molar-refractivity contribution is 5.36. The van der Waals surface area contributed by atoms with Gasteiger partial charge in [-0.3, -0.25) is 0 Å². The molecule has 1 aromatic carbocycles. The lowest BCUT2D eigenvalue weighted by molar-refractivity contribution is 0.291. The summed E-state index contributed by atoms with van der Waals surface area (Å²) in [6, 6.07) is 6.09. The minimum Gasteiger partial charge on any atom is -0.487 e. The van der Waals surface area contributed by atoms with Gasteiger partial charge in [0.15, 0.2) is 0 Å². The molecule has 0 atom stereocenters. The summed E-state index contributed by atoms with van der Waals surface area (Å²) in [7, 11) is 0. The Morgan fingerprint density at radius 3 is 2.95 bits per heavy atom. The molecule has 0 fully saturated rings. The van der Waals surface area contributed by atoms with Crippen molar-refractivity contribution in [1.29, 1.82) is 0 Å². The van der Waals surface area contributed by atoms with Gasteiger partial charge >= 0.3 is 0 Å². The quantitative estimate of drug-likeness (QED) is 0.867. The van der Waals surface area contributed by atoms with E-state index in [0.29, 0.717) is 13.2 Å². The van der Waals surface area contributed by atoms with E-state index in [0.717, 1.165) is 30.0 Å². The van der Waals surface area contributed by atoms with E-state index in [9.17, 15) is 0 Å². The fraction of sp³-hybridized carbons (Fsp3) is 0.400. The summed E-state index contributed by atoms with van der Waals surface area (Å²) in [5, 5.41) is 0. The molecule has 4 nitrogen and oxygen atoms in total. The summed E-state index contributed by atoms with van der Waals surface area (Å²) >= 11 is 0. The highest BCUT2D eigenvalue weighted by Crippen LogP contribution is 2.20. The molecule has 0 saturated carbocycles. The fourth-order valence-corrected chi connectivity index (χ4v) is 2.07. The van der Waals surface area contributed by atoms with Crippen LogP contribution in [0.3, 0.4) is 0 Å². The van der Waals surface area contributed by atoms with Crippen molar-refractivity contribution in [2.24, 2.45) is 5.73 Å². The van der Waals surface area contributed by atoms with Crippen molar-refractivity contribution in [3.05, 3.63) is 47.5 Å². The third-order valence-corrected chi connectivity index (χ3v) is 3.07. The molecule has 0 unspecified atom stereocenters. The molecular formula is C15H21N3O. The molecule has 1 heterocycles. The number of rotatable bonds is 6. The van der Waals surface area contributed by atoms with Crippen molar-refractivity contribution < 1.29 is 4.74 Å². The second-order valence-corrected chi connectivity index (χ2v) is 4.68. The maximum atomic E-state index is 5.87. The molecule has 1 aromatic heterocycles. The number of hydrogen-bond acceptors (Lipinski definition) is 3. The van der Waals surface area contributed by atoms with Crippen molar-refractivity contribution in [2.75, 3.05) is 0 Å². The molecule has 0 bridgehead atoms. The van der Waals surface area contributed by atoms with Crippen LogP contribution in [0, 0.1) is 6.92 Å². The van der Waals surface area contributed by atoms with Crippen molar-refractivity contribution in [2.45, 2.75) is 40.0 Å². The number of hydrogen-bond donors (Lipinski definition) is 1. The molecule has 0 aliphatic rings. The molecule has 0 saturated heterocycles. The van der Waals surface area contributed by atoms with Crippen molar-refractivity contribution in [3.63, 3.8) is 0 Å². The van der Waals surface area contributed by atoms with Crippen LogP contribution in [-0.2, 0) is 19.7 Å². The average molecular weight is 259 g/mol. The summed E-state index contributed by atoms with van der Waals surface area (Å²) in [5.41, 5.74) is 9.08. The number of aromatic nitrogens is 2. The van der Waals surface area contributed by atoms with Crippen molar-refractivity contribution in [3.8, 4) is 5.75 Å². The largest absolute Gasteiger partial charge is 0.487 e. The standard InChI is InChI=1S/C15H21N3O/c1-3-6-18-11-17-9-14(18)10-19-15-5-4-12(2)7-13(15)8-16/h4-5,7,9,11H,3,6,8,10,16H2,1-2H3. The Morgan fingerprint density at radius 1 is 1.37 bits per heavy atom. The summed E-state index contributed by atoms with van der Waals surface area (Å²) in [6.07, 6.45) is 4.79. The highest BCUT2D eigenvalue weighted by atomic mass is 16.5. The molecule has 2 aromatic rings. The van der Waals surface area contributed by atoms with Gasteiger partial charge in [0.05, 0.1) is 18.2 Å². The van der Waals surface area contributed by atoms with E-state index in [4.69, 9.17) is 10.5 Å². The van der Waals surface area contributed by atoms with E-state index in [1.165, 1.54) is 5.56 Å². The Hall–Kier alpha value is -1.81. The molecule has 2 N–H and O–H groups in total. The Labute approximate surface area is 114 Å². The Kier molecular flexibility index (Phi) is 4.58. The Morgan fingerprint density at radius 2 is 2.21 bits per heavy atom. The van der Waals surface area contributed by atoms with Crippen molar-refractivity contribution >= 4 is 0 Å². The van der Waals surface area contributed by atoms with Crippen LogP contribution in [-0.4, -0.2) is 9.55 Å². The highest BCUT2D eigenvalue weighted by Gasteiger charge is 2.06. The zero-order valence-corrected chi connectivity index (χ0v) is 11.6. The van der Waals surface area contributed by atoms with Crippen LogP contribution in [0.25, 0.3) is 0 Å². The monoisotopic (exact) mass is 259 g/mol. The molecule has 102 valence electrons. The Bertz CT molecular complexity index is 534. The maximum Gasteiger partial charge on any atom is 0.130 e. The summed E-state index contributed by atoms with van der Waals surface area (Å²) in [4.78, 5) is 4.17. The minimum atomic E-state index is 0.491. The first-order chi connectivity index (χ1) is 9.24. The molecule has 0 spiro atoms. The first kappa shape index (κ1) is 13.6. The molecule has 0 aliphatic heterocycles. The second kappa shape index (κ2) is 6.38. The molecule has 0 amide bonds. The predicted octanol–water partition coefficient (Wildman–Crippen LogP) is 2.64. The summed E-state index contributed by atoms with van der Waals surface area (Å²) in [6.45, 7) is 6.19. The minimum absolute atomic E-state index is 0.491. The van der Waals surface area contributed by atoms with Gasteiger partial charge in [-0.05, 0) is 19.4 Å². The summed E-state index contributed by atoms with van der Waals surface area (Å²) < 4.78 is 7.99. The van der Waals surface area contributed by atoms with Crippen LogP contribution in [0.5, 0.6) is 5.75 Å². The lowest BCUT2D eigenvalue weighted by Crippen LogP contribution is -2.07.